The van der Waals surface area contributed by atoms with Gasteiger partial charge in [-0.25, -0.2) is 0 Å². The Labute approximate surface area is 92.0 Å². The Morgan fingerprint density at radius 1 is 1.50 bits per heavy atom. The second-order valence-electron chi connectivity index (χ2n) is 3.55. The zero-order valence-corrected chi connectivity index (χ0v) is 9.62. The van der Waals surface area contributed by atoms with Gasteiger partial charge in [-0.3, -0.25) is 0 Å². The lowest BCUT2D eigenvalue weighted by molar-refractivity contribution is 0.0614. The van der Waals surface area contributed by atoms with Gasteiger partial charge in [0.05, 0.1) is 4.47 Å². The van der Waals surface area contributed by atoms with Crippen LogP contribution < -0.4 is 4.74 Å². The SMILES string of the molecule is CCCC1Oc2c(Br)cccc2C1O. The van der Waals surface area contributed by atoms with Crippen LogP contribution >= 0.6 is 15.9 Å². The standard InChI is InChI=1S/C11H13BrO2/c1-2-4-9-10(13)7-5-3-6-8(12)11(7)14-9/h3,5-6,9-10,13H,2,4H2,1H3. The van der Waals surface area contributed by atoms with Crippen LogP contribution in [-0.4, -0.2) is 11.2 Å². The van der Waals surface area contributed by atoms with Crippen LogP contribution in [0.1, 0.15) is 31.4 Å². The molecule has 0 amide bonds. The highest BCUT2D eigenvalue weighted by atomic mass is 79.9. The lowest BCUT2D eigenvalue weighted by Crippen LogP contribution is -2.17. The van der Waals surface area contributed by atoms with Crippen LogP contribution in [0.4, 0.5) is 0 Å². The summed E-state index contributed by atoms with van der Waals surface area (Å²) in [5, 5.41) is 9.95. The molecule has 1 aromatic rings. The van der Waals surface area contributed by atoms with Crippen molar-refractivity contribution in [3.8, 4) is 5.75 Å². The second kappa shape index (κ2) is 3.91. The number of fused-ring (bicyclic) bond motifs is 1. The molecule has 3 heteroatoms. The van der Waals surface area contributed by atoms with Gasteiger partial charge in [0, 0.05) is 5.56 Å². The van der Waals surface area contributed by atoms with Gasteiger partial charge in [0.15, 0.2) is 0 Å². The predicted molar refractivity (Wildman–Crippen MR) is 58.4 cm³/mol. The summed E-state index contributed by atoms with van der Waals surface area (Å²) in [6.07, 6.45) is 1.37. The minimum Gasteiger partial charge on any atom is -0.486 e. The number of aliphatic hydroxyl groups excluding tert-OH is 1. The Hall–Kier alpha value is -0.540. The number of ether oxygens (including phenoxy) is 1. The zero-order valence-electron chi connectivity index (χ0n) is 8.03. The first kappa shape index (κ1) is 9.99. The van der Waals surface area contributed by atoms with Gasteiger partial charge in [-0.15, -0.1) is 0 Å². The van der Waals surface area contributed by atoms with Crippen LogP contribution in [0.15, 0.2) is 22.7 Å². The molecule has 1 heterocycles. The number of hydrogen-bond donors (Lipinski definition) is 1. The van der Waals surface area contributed by atoms with Crippen LogP contribution in [0.25, 0.3) is 0 Å². The first-order chi connectivity index (χ1) is 6.74. The van der Waals surface area contributed by atoms with E-state index in [1.54, 1.807) is 0 Å². The highest BCUT2D eigenvalue weighted by molar-refractivity contribution is 9.10. The number of aliphatic hydroxyl groups is 1. The van der Waals surface area contributed by atoms with Crippen molar-refractivity contribution in [1.29, 1.82) is 0 Å². The minimum atomic E-state index is -0.470. The molecule has 1 aliphatic heterocycles. The van der Waals surface area contributed by atoms with Crippen molar-refractivity contribution in [3.63, 3.8) is 0 Å². The average molecular weight is 257 g/mol. The number of halogens is 1. The summed E-state index contributed by atoms with van der Waals surface area (Å²) in [5.41, 5.74) is 0.901. The van der Waals surface area contributed by atoms with Crippen LogP contribution in [0, 0.1) is 0 Å². The third kappa shape index (κ3) is 1.55. The molecular formula is C11H13BrO2. The van der Waals surface area contributed by atoms with Crippen molar-refractivity contribution in [1.82, 2.24) is 0 Å². The highest BCUT2D eigenvalue weighted by Gasteiger charge is 2.33. The van der Waals surface area contributed by atoms with Gasteiger partial charge >= 0.3 is 0 Å². The fourth-order valence-electron chi connectivity index (χ4n) is 1.80. The summed E-state index contributed by atoms with van der Waals surface area (Å²) in [5.74, 6) is 0.804. The van der Waals surface area contributed by atoms with E-state index < -0.39 is 6.10 Å². The van der Waals surface area contributed by atoms with Crippen LogP contribution in [0.2, 0.25) is 0 Å². The maximum absolute atomic E-state index is 9.95. The summed E-state index contributed by atoms with van der Waals surface area (Å²) in [6, 6.07) is 5.77. The summed E-state index contributed by atoms with van der Waals surface area (Å²) in [7, 11) is 0. The van der Waals surface area contributed by atoms with Gasteiger partial charge in [-0.2, -0.15) is 0 Å². The first-order valence-electron chi connectivity index (χ1n) is 4.87. The average Bonchev–Trinajstić information content (AvgIpc) is 2.48. The topological polar surface area (TPSA) is 29.5 Å². The van der Waals surface area contributed by atoms with Gasteiger partial charge in [-0.1, -0.05) is 25.5 Å². The fourth-order valence-corrected chi connectivity index (χ4v) is 2.28. The largest absolute Gasteiger partial charge is 0.486 e. The molecule has 0 spiro atoms. The van der Waals surface area contributed by atoms with E-state index in [4.69, 9.17) is 4.74 Å². The second-order valence-corrected chi connectivity index (χ2v) is 4.40. The third-order valence-electron chi connectivity index (χ3n) is 2.51. The maximum Gasteiger partial charge on any atom is 0.139 e. The van der Waals surface area contributed by atoms with Crippen molar-refractivity contribution < 1.29 is 9.84 Å². The molecule has 1 aliphatic rings. The Balaban J connectivity index is 2.30. The van der Waals surface area contributed by atoms with Gasteiger partial charge in [-0.05, 0) is 28.4 Å². The van der Waals surface area contributed by atoms with Crippen molar-refractivity contribution in [2.45, 2.75) is 32.0 Å². The molecule has 2 atom stereocenters. The number of rotatable bonds is 2. The third-order valence-corrected chi connectivity index (χ3v) is 3.14. The van der Waals surface area contributed by atoms with Gasteiger partial charge in [0.1, 0.15) is 18.0 Å². The summed E-state index contributed by atoms with van der Waals surface area (Å²) < 4.78 is 6.62. The fraction of sp³-hybridized carbons (Fsp3) is 0.455. The van der Waals surface area contributed by atoms with E-state index in [0.29, 0.717) is 0 Å². The molecule has 2 rings (SSSR count). The number of para-hydroxylation sites is 1. The van der Waals surface area contributed by atoms with E-state index in [-0.39, 0.29) is 6.10 Å². The highest BCUT2D eigenvalue weighted by Crippen LogP contribution is 2.42. The molecule has 0 bridgehead atoms. The number of hydrogen-bond acceptors (Lipinski definition) is 2. The van der Waals surface area contributed by atoms with Crippen LogP contribution in [0.3, 0.4) is 0 Å². The molecule has 76 valence electrons. The summed E-state index contributed by atoms with van der Waals surface area (Å²) in [4.78, 5) is 0. The lowest BCUT2D eigenvalue weighted by atomic mass is 10.0. The monoisotopic (exact) mass is 256 g/mol. The van der Waals surface area contributed by atoms with Crippen LogP contribution in [-0.2, 0) is 0 Å². The van der Waals surface area contributed by atoms with E-state index in [1.807, 2.05) is 18.2 Å². The van der Waals surface area contributed by atoms with E-state index in [2.05, 4.69) is 22.9 Å². The van der Waals surface area contributed by atoms with E-state index >= 15 is 0 Å². The predicted octanol–water partition coefficient (Wildman–Crippen LogP) is 3.04. The number of benzene rings is 1. The normalized spacial score (nSPS) is 24.5. The molecule has 0 aliphatic carbocycles. The summed E-state index contributed by atoms with van der Waals surface area (Å²) >= 11 is 3.42. The van der Waals surface area contributed by atoms with Crippen molar-refractivity contribution >= 4 is 15.9 Å². The molecule has 14 heavy (non-hydrogen) atoms. The molecule has 0 fully saturated rings. The lowest BCUT2D eigenvalue weighted by Gasteiger charge is -2.12. The Morgan fingerprint density at radius 3 is 2.93 bits per heavy atom. The van der Waals surface area contributed by atoms with Gasteiger partial charge in [0.2, 0.25) is 0 Å². The molecule has 1 N–H and O–H groups in total. The van der Waals surface area contributed by atoms with Crippen LogP contribution in [0.5, 0.6) is 5.75 Å². The minimum absolute atomic E-state index is 0.0753. The Morgan fingerprint density at radius 2 is 2.29 bits per heavy atom. The van der Waals surface area contributed by atoms with Crippen molar-refractivity contribution in [2.24, 2.45) is 0 Å². The van der Waals surface area contributed by atoms with Gasteiger partial charge in [0.25, 0.3) is 0 Å². The van der Waals surface area contributed by atoms with E-state index in [1.165, 1.54) is 0 Å². The molecule has 0 radical (unpaired) electrons. The molecule has 0 saturated carbocycles. The Kier molecular flexibility index (Phi) is 2.79. The quantitative estimate of drug-likeness (QED) is 0.882. The maximum atomic E-state index is 9.95. The molecule has 2 nitrogen and oxygen atoms in total. The molecule has 2 unspecified atom stereocenters. The molecule has 0 aromatic heterocycles. The van der Waals surface area contributed by atoms with Crippen molar-refractivity contribution in [2.75, 3.05) is 0 Å². The smallest absolute Gasteiger partial charge is 0.139 e. The van der Waals surface area contributed by atoms with E-state index in [0.717, 1.165) is 28.6 Å². The van der Waals surface area contributed by atoms with Gasteiger partial charge < -0.3 is 9.84 Å². The molecule has 1 aromatic carbocycles. The van der Waals surface area contributed by atoms with E-state index in [9.17, 15) is 5.11 Å². The zero-order chi connectivity index (χ0) is 10.1. The first-order valence-corrected chi connectivity index (χ1v) is 5.66. The molecule has 0 saturated heterocycles. The molecular weight excluding hydrogens is 244 g/mol. The summed E-state index contributed by atoms with van der Waals surface area (Å²) in [6.45, 7) is 2.09. The Bertz CT molecular complexity index is 338. The van der Waals surface area contributed by atoms with Crippen molar-refractivity contribution in [3.05, 3.63) is 28.2 Å².